The molecule has 0 amide bonds. The third kappa shape index (κ3) is 3.44. The predicted octanol–water partition coefficient (Wildman–Crippen LogP) is 4.70. The van der Waals surface area contributed by atoms with Gasteiger partial charge in [0, 0.05) is 5.02 Å². The van der Waals surface area contributed by atoms with Crippen molar-refractivity contribution >= 4 is 54.8 Å². The number of anilines is 1. The summed E-state index contributed by atoms with van der Waals surface area (Å²) in [6.45, 7) is 0. The van der Waals surface area contributed by atoms with Gasteiger partial charge in [-0.15, -0.1) is 0 Å². The number of rotatable bonds is 3. The third-order valence-corrected chi connectivity index (χ3v) is 5.06. The third-order valence-electron chi connectivity index (χ3n) is 2.35. The van der Waals surface area contributed by atoms with Crippen LogP contribution < -0.4 is 4.72 Å². The molecular weight excluding hydrogens is 392 g/mol. The summed E-state index contributed by atoms with van der Waals surface area (Å²) in [6, 6.07) is 7.87. The van der Waals surface area contributed by atoms with Crippen molar-refractivity contribution in [1.29, 1.82) is 0 Å². The Kier molecular flexibility index (Phi) is 4.59. The van der Waals surface area contributed by atoms with Gasteiger partial charge in [-0.1, -0.05) is 23.2 Å². The van der Waals surface area contributed by atoms with Gasteiger partial charge in [-0.2, -0.15) is 0 Å². The Hall–Kier alpha value is -0.820. The first-order chi connectivity index (χ1) is 9.29. The summed E-state index contributed by atoms with van der Waals surface area (Å²) in [4.78, 5) is -0.146. The van der Waals surface area contributed by atoms with E-state index in [4.69, 9.17) is 23.2 Å². The molecule has 0 spiro atoms. The number of hydrogen-bond donors (Lipinski definition) is 1. The summed E-state index contributed by atoms with van der Waals surface area (Å²) in [7, 11) is -3.91. The molecule has 3 nitrogen and oxygen atoms in total. The van der Waals surface area contributed by atoms with Crippen LogP contribution in [0.3, 0.4) is 0 Å². The molecule has 0 unspecified atom stereocenters. The first kappa shape index (κ1) is 15.6. The highest BCUT2D eigenvalue weighted by atomic mass is 79.9. The van der Waals surface area contributed by atoms with E-state index >= 15 is 0 Å². The van der Waals surface area contributed by atoms with Crippen molar-refractivity contribution in [2.45, 2.75) is 4.90 Å². The summed E-state index contributed by atoms with van der Waals surface area (Å²) in [6.07, 6.45) is 0. The van der Waals surface area contributed by atoms with Crippen molar-refractivity contribution < 1.29 is 12.8 Å². The fourth-order valence-electron chi connectivity index (χ4n) is 1.45. The maximum Gasteiger partial charge on any atom is 0.263 e. The normalized spacial score (nSPS) is 11.4. The van der Waals surface area contributed by atoms with Gasteiger partial charge in [0.1, 0.15) is 10.7 Å². The zero-order valence-electron chi connectivity index (χ0n) is 9.70. The fourth-order valence-corrected chi connectivity index (χ4v) is 3.64. The molecule has 0 radical (unpaired) electrons. The van der Waals surface area contributed by atoms with Crippen LogP contribution in [0, 0.1) is 5.82 Å². The van der Waals surface area contributed by atoms with Crippen LogP contribution in [0.25, 0.3) is 0 Å². The molecule has 0 saturated heterocycles. The monoisotopic (exact) mass is 397 g/mol. The number of sulfonamides is 1. The molecule has 2 aromatic rings. The topological polar surface area (TPSA) is 46.2 Å². The van der Waals surface area contributed by atoms with Crippen molar-refractivity contribution in [3.8, 4) is 0 Å². The molecule has 20 heavy (non-hydrogen) atoms. The van der Waals surface area contributed by atoms with Gasteiger partial charge in [0.2, 0.25) is 0 Å². The lowest BCUT2D eigenvalue weighted by Gasteiger charge is -2.10. The van der Waals surface area contributed by atoms with Gasteiger partial charge in [-0.3, -0.25) is 4.72 Å². The Bertz CT molecular complexity index is 768. The maximum atomic E-state index is 13.1. The predicted molar refractivity (Wildman–Crippen MR) is 81.4 cm³/mol. The van der Waals surface area contributed by atoms with E-state index in [-0.39, 0.29) is 25.1 Å². The van der Waals surface area contributed by atoms with Crippen LogP contribution in [0.15, 0.2) is 45.8 Å². The smallest absolute Gasteiger partial charge is 0.263 e. The number of hydrogen-bond acceptors (Lipinski definition) is 2. The van der Waals surface area contributed by atoms with Crippen molar-refractivity contribution in [2.75, 3.05) is 4.72 Å². The number of halogens is 4. The largest absolute Gasteiger partial charge is 0.280 e. The van der Waals surface area contributed by atoms with Crippen LogP contribution in [0.4, 0.5) is 10.1 Å². The van der Waals surface area contributed by atoms with E-state index in [1.807, 2.05) is 0 Å². The van der Waals surface area contributed by atoms with E-state index in [2.05, 4.69) is 20.7 Å². The molecule has 0 heterocycles. The quantitative estimate of drug-likeness (QED) is 0.814. The molecule has 0 aromatic heterocycles. The molecule has 106 valence electrons. The second-order valence-electron chi connectivity index (χ2n) is 3.81. The Morgan fingerprint density at radius 2 is 1.80 bits per heavy atom. The average Bonchev–Trinajstić information content (AvgIpc) is 2.36. The van der Waals surface area contributed by atoms with Gasteiger partial charge >= 0.3 is 0 Å². The van der Waals surface area contributed by atoms with Gasteiger partial charge in [-0.25, -0.2) is 12.8 Å². The van der Waals surface area contributed by atoms with Crippen LogP contribution in [0.1, 0.15) is 0 Å². The van der Waals surface area contributed by atoms with Crippen LogP contribution >= 0.6 is 39.1 Å². The highest BCUT2D eigenvalue weighted by Gasteiger charge is 2.19. The molecule has 0 aliphatic rings. The van der Waals surface area contributed by atoms with Gasteiger partial charge in [0.15, 0.2) is 0 Å². The SMILES string of the molecule is O=S(=O)(Nc1ccc(F)c(Br)c1)c1cc(Cl)ccc1Cl. The fraction of sp³-hybridized carbons (Fsp3) is 0. The number of nitrogens with one attached hydrogen (secondary N) is 1. The van der Waals surface area contributed by atoms with Gasteiger partial charge in [-0.05, 0) is 52.3 Å². The molecule has 0 atom stereocenters. The van der Waals surface area contributed by atoms with E-state index < -0.39 is 15.8 Å². The van der Waals surface area contributed by atoms with E-state index in [1.165, 1.54) is 30.3 Å². The van der Waals surface area contributed by atoms with E-state index in [0.29, 0.717) is 0 Å². The summed E-state index contributed by atoms with van der Waals surface area (Å²) in [5.74, 6) is -0.492. The lowest BCUT2D eigenvalue weighted by Crippen LogP contribution is -2.13. The summed E-state index contributed by atoms with van der Waals surface area (Å²) >= 11 is 14.6. The molecule has 2 aromatic carbocycles. The minimum atomic E-state index is -3.91. The molecule has 8 heteroatoms. The Labute approximate surface area is 133 Å². The Morgan fingerprint density at radius 3 is 2.45 bits per heavy atom. The minimum absolute atomic E-state index is 0.0445. The summed E-state index contributed by atoms with van der Waals surface area (Å²) in [5.41, 5.74) is 0.203. The maximum absolute atomic E-state index is 13.1. The van der Waals surface area contributed by atoms with Crippen molar-refractivity contribution in [3.63, 3.8) is 0 Å². The second kappa shape index (κ2) is 5.89. The molecule has 0 fully saturated rings. The zero-order chi connectivity index (χ0) is 14.9. The summed E-state index contributed by atoms with van der Waals surface area (Å²) in [5, 5.41) is 0.290. The molecular formula is C12H7BrCl2FNO2S. The van der Waals surface area contributed by atoms with Crippen molar-refractivity contribution in [1.82, 2.24) is 0 Å². The number of benzene rings is 2. The standard InChI is InChI=1S/C12H7BrCl2FNO2S/c13-9-6-8(2-4-11(9)16)17-20(18,19)12-5-7(14)1-3-10(12)15/h1-6,17H. The molecule has 0 bridgehead atoms. The first-order valence-electron chi connectivity index (χ1n) is 5.22. The van der Waals surface area contributed by atoms with Gasteiger partial charge in [0.05, 0.1) is 15.2 Å². The second-order valence-corrected chi connectivity index (χ2v) is 7.16. The molecule has 0 aliphatic carbocycles. The molecule has 2 rings (SSSR count). The summed E-state index contributed by atoms with van der Waals surface area (Å²) < 4.78 is 40.0. The average molecular weight is 399 g/mol. The highest BCUT2D eigenvalue weighted by Crippen LogP contribution is 2.28. The Balaban J connectivity index is 2.40. The Morgan fingerprint density at radius 1 is 1.10 bits per heavy atom. The van der Waals surface area contributed by atoms with Crippen LogP contribution in [-0.2, 0) is 10.0 Å². The zero-order valence-corrected chi connectivity index (χ0v) is 13.6. The molecule has 0 saturated carbocycles. The van der Waals surface area contributed by atoms with E-state index in [0.717, 1.165) is 6.07 Å². The van der Waals surface area contributed by atoms with Crippen LogP contribution in [0.2, 0.25) is 10.0 Å². The van der Waals surface area contributed by atoms with Gasteiger partial charge < -0.3 is 0 Å². The van der Waals surface area contributed by atoms with Crippen molar-refractivity contribution in [2.24, 2.45) is 0 Å². The minimum Gasteiger partial charge on any atom is -0.280 e. The first-order valence-corrected chi connectivity index (χ1v) is 8.26. The molecule has 0 aliphatic heterocycles. The van der Waals surface area contributed by atoms with E-state index in [9.17, 15) is 12.8 Å². The van der Waals surface area contributed by atoms with Gasteiger partial charge in [0.25, 0.3) is 10.0 Å². The highest BCUT2D eigenvalue weighted by molar-refractivity contribution is 9.10. The molecule has 1 N–H and O–H groups in total. The lowest BCUT2D eigenvalue weighted by atomic mass is 10.3. The van der Waals surface area contributed by atoms with Crippen LogP contribution in [0.5, 0.6) is 0 Å². The van der Waals surface area contributed by atoms with Crippen molar-refractivity contribution in [3.05, 3.63) is 56.7 Å². The van der Waals surface area contributed by atoms with Crippen LogP contribution in [-0.4, -0.2) is 8.42 Å². The lowest BCUT2D eigenvalue weighted by molar-refractivity contribution is 0.601. The van der Waals surface area contributed by atoms with E-state index in [1.54, 1.807) is 0 Å².